The van der Waals surface area contributed by atoms with Crippen LogP contribution in [0.1, 0.15) is 18.4 Å². The molecule has 4 nitrogen and oxygen atoms in total. The van der Waals surface area contributed by atoms with E-state index in [9.17, 15) is 4.79 Å². The van der Waals surface area contributed by atoms with Gasteiger partial charge in [0.25, 0.3) is 0 Å². The third-order valence-corrected chi connectivity index (χ3v) is 4.39. The second kappa shape index (κ2) is 9.20. The van der Waals surface area contributed by atoms with E-state index in [4.69, 9.17) is 11.6 Å². The summed E-state index contributed by atoms with van der Waals surface area (Å²) in [7, 11) is 0. The number of benzene rings is 2. The maximum absolute atomic E-state index is 11.9. The van der Waals surface area contributed by atoms with Gasteiger partial charge in [0.2, 0.25) is 5.91 Å². The van der Waals surface area contributed by atoms with Gasteiger partial charge in [0.15, 0.2) is 0 Å². The normalized spacial score (nSPS) is 10.7. The lowest BCUT2D eigenvalue weighted by Gasteiger charge is -2.10. The molecule has 0 spiro atoms. The van der Waals surface area contributed by atoms with Gasteiger partial charge in [0, 0.05) is 35.4 Å². The van der Waals surface area contributed by atoms with Crippen molar-refractivity contribution < 1.29 is 4.79 Å². The monoisotopic (exact) mass is 367 g/mol. The third kappa shape index (κ3) is 5.20. The first-order valence-corrected chi connectivity index (χ1v) is 9.19. The third-order valence-electron chi connectivity index (χ3n) is 4.15. The van der Waals surface area contributed by atoms with Gasteiger partial charge in [-0.1, -0.05) is 41.9 Å². The Morgan fingerprint density at radius 1 is 1.00 bits per heavy atom. The summed E-state index contributed by atoms with van der Waals surface area (Å²) in [5.41, 5.74) is 2.98. The molecule has 2 aromatic carbocycles. The molecular weight excluding hydrogens is 346 g/mol. The average molecular weight is 368 g/mol. The molecule has 26 heavy (non-hydrogen) atoms. The highest BCUT2D eigenvalue weighted by molar-refractivity contribution is 6.31. The molecule has 3 rings (SSSR count). The van der Waals surface area contributed by atoms with Crippen LogP contribution in [-0.4, -0.2) is 24.0 Å². The Bertz CT molecular complexity index is 868. The molecule has 5 heteroatoms. The number of aromatic nitrogens is 1. The van der Waals surface area contributed by atoms with Gasteiger partial charge in [-0.3, -0.25) is 9.78 Å². The summed E-state index contributed by atoms with van der Waals surface area (Å²) in [6, 6.07) is 17.5. The van der Waals surface area contributed by atoms with E-state index in [2.05, 4.69) is 15.6 Å². The maximum Gasteiger partial charge on any atom is 0.224 e. The average Bonchev–Trinajstić information content (AvgIpc) is 2.65. The Balaban J connectivity index is 1.38. The van der Waals surface area contributed by atoms with E-state index < -0.39 is 0 Å². The fraction of sp³-hybridized carbons (Fsp3) is 0.238. The minimum atomic E-state index is 0.0705. The maximum atomic E-state index is 11.9. The molecular formula is C21H22ClN3O. The second-order valence-corrected chi connectivity index (χ2v) is 6.60. The van der Waals surface area contributed by atoms with Gasteiger partial charge in [-0.2, -0.15) is 0 Å². The van der Waals surface area contributed by atoms with Gasteiger partial charge in [-0.25, -0.2) is 0 Å². The highest BCUT2D eigenvalue weighted by Crippen LogP contribution is 2.24. The summed E-state index contributed by atoms with van der Waals surface area (Å²) < 4.78 is 0. The summed E-state index contributed by atoms with van der Waals surface area (Å²) in [5, 5.41) is 8.16. The molecule has 3 aromatic rings. The summed E-state index contributed by atoms with van der Waals surface area (Å²) in [4.78, 5) is 16.2. The predicted octanol–water partition coefficient (Wildman–Crippen LogP) is 4.44. The Morgan fingerprint density at radius 3 is 2.65 bits per heavy atom. The quantitative estimate of drug-likeness (QED) is 0.579. The molecule has 0 aliphatic rings. The summed E-state index contributed by atoms with van der Waals surface area (Å²) >= 11 is 6.01. The molecule has 134 valence electrons. The zero-order valence-corrected chi connectivity index (χ0v) is 15.3. The minimum absolute atomic E-state index is 0.0705. The van der Waals surface area contributed by atoms with Crippen molar-refractivity contribution in [3.05, 3.63) is 71.4 Å². The Kier molecular flexibility index (Phi) is 6.45. The Morgan fingerprint density at radius 2 is 1.81 bits per heavy atom. The number of pyridine rings is 1. The molecule has 0 aliphatic carbocycles. The molecule has 0 atom stereocenters. The zero-order valence-electron chi connectivity index (χ0n) is 14.5. The van der Waals surface area contributed by atoms with Crippen molar-refractivity contribution in [1.29, 1.82) is 0 Å². The van der Waals surface area contributed by atoms with E-state index in [-0.39, 0.29) is 5.91 Å². The van der Waals surface area contributed by atoms with Gasteiger partial charge < -0.3 is 10.6 Å². The number of carbonyl (C=O) groups excluding carboxylic acids is 1. The first-order chi connectivity index (χ1) is 12.7. The van der Waals surface area contributed by atoms with Crippen molar-refractivity contribution in [3.8, 4) is 0 Å². The van der Waals surface area contributed by atoms with E-state index in [0.29, 0.717) is 18.0 Å². The highest BCUT2D eigenvalue weighted by Gasteiger charge is 2.03. The van der Waals surface area contributed by atoms with Crippen molar-refractivity contribution in [3.63, 3.8) is 0 Å². The number of anilines is 1. The van der Waals surface area contributed by atoms with E-state index in [1.165, 1.54) is 0 Å². The van der Waals surface area contributed by atoms with Crippen molar-refractivity contribution in [2.75, 3.05) is 18.4 Å². The molecule has 1 amide bonds. The van der Waals surface area contributed by atoms with Crippen LogP contribution < -0.4 is 10.6 Å². The SMILES string of the molecule is O=C(Cc1ccccc1)NCCCCNc1ccnc2cc(Cl)ccc12. The fourth-order valence-electron chi connectivity index (χ4n) is 2.82. The lowest BCUT2D eigenvalue weighted by molar-refractivity contribution is -0.120. The van der Waals surface area contributed by atoms with Crippen LogP contribution in [0.3, 0.4) is 0 Å². The topological polar surface area (TPSA) is 54.0 Å². The van der Waals surface area contributed by atoms with Crippen LogP contribution in [0.25, 0.3) is 10.9 Å². The van der Waals surface area contributed by atoms with E-state index >= 15 is 0 Å². The standard InChI is InChI=1S/C21H22ClN3O/c22-17-8-9-18-19(10-13-24-20(18)15-17)23-11-4-5-12-25-21(26)14-16-6-2-1-3-7-16/h1-3,6-10,13,15H,4-5,11-12,14H2,(H,23,24)(H,25,26). The van der Waals surface area contributed by atoms with Crippen LogP contribution in [-0.2, 0) is 11.2 Å². The van der Waals surface area contributed by atoms with Gasteiger partial charge in [0.05, 0.1) is 11.9 Å². The van der Waals surface area contributed by atoms with E-state index in [1.54, 1.807) is 6.20 Å². The van der Waals surface area contributed by atoms with Crippen LogP contribution in [0.4, 0.5) is 5.69 Å². The number of fused-ring (bicyclic) bond motifs is 1. The first kappa shape index (κ1) is 18.2. The molecule has 0 bridgehead atoms. The second-order valence-electron chi connectivity index (χ2n) is 6.17. The number of halogens is 1. The fourth-order valence-corrected chi connectivity index (χ4v) is 2.99. The molecule has 0 aliphatic heterocycles. The number of hydrogen-bond acceptors (Lipinski definition) is 3. The lowest BCUT2D eigenvalue weighted by Crippen LogP contribution is -2.26. The molecule has 1 heterocycles. The van der Waals surface area contributed by atoms with Gasteiger partial charge in [-0.15, -0.1) is 0 Å². The summed E-state index contributed by atoms with van der Waals surface area (Å²) in [6.07, 6.45) is 4.13. The Hall–Kier alpha value is -2.59. The van der Waals surface area contributed by atoms with Crippen molar-refractivity contribution >= 4 is 34.1 Å². The molecule has 0 saturated heterocycles. The number of hydrogen-bond donors (Lipinski definition) is 2. The Labute approximate surface area is 158 Å². The molecule has 0 unspecified atom stereocenters. The zero-order chi connectivity index (χ0) is 18.2. The van der Waals surface area contributed by atoms with E-state index in [0.717, 1.165) is 41.5 Å². The number of nitrogens with zero attached hydrogens (tertiary/aromatic N) is 1. The molecule has 0 fully saturated rings. The van der Waals surface area contributed by atoms with E-state index in [1.807, 2.05) is 54.6 Å². The lowest BCUT2D eigenvalue weighted by atomic mass is 10.1. The number of amides is 1. The summed E-state index contributed by atoms with van der Waals surface area (Å²) in [5.74, 6) is 0.0705. The van der Waals surface area contributed by atoms with Crippen molar-refractivity contribution in [2.24, 2.45) is 0 Å². The van der Waals surface area contributed by atoms with Crippen LogP contribution in [0.2, 0.25) is 5.02 Å². The van der Waals surface area contributed by atoms with Crippen LogP contribution >= 0.6 is 11.6 Å². The number of unbranched alkanes of at least 4 members (excludes halogenated alkanes) is 1. The smallest absolute Gasteiger partial charge is 0.224 e. The molecule has 0 radical (unpaired) electrons. The van der Waals surface area contributed by atoms with Crippen molar-refractivity contribution in [1.82, 2.24) is 10.3 Å². The van der Waals surface area contributed by atoms with Crippen LogP contribution in [0, 0.1) is 0 Å². The van der Waals surface area contributed by atoms with Crippen LogP contribution in [0.15, 0.2) is 60.8 Å². The largest absolute Gasteiger partial charge is 0.384 e. The minimum Gasteiger partial charge on any atom is -0.384 e. The predicted molar refractivity (Wildman–Crippen MR) is 108 cm³/mol. The first-order valence-electron chi connectivity index (χ1n) is 8.81. The van der Waals surface area contributed by atoms with Crippen molar-refractivity contribution in [2.45, 2.75) is 19.3 Å². The number of rotatable bonds is 8. The van der Waals surface area contributed by atoms with Crippen LogP contribution in [0.5, 0.6) is 0 Å². The molecule has 2 N–H and O–H groups in total. The highest BCUT2D eigenvalue weighted by atomic mass is 35.5. The summed E-state index contributed by atoms with van der Waals surface area (Å²) in [6.45, 7) is 1.54. The van der Waals surface area contributed by atoms with Gasteiger partial charge >= 0.3 is 0 Å². The number of carbonyl (C=O) groups is 1. The van der Waals surface area contributed by atoms with Gasteiger partial charge in [0.1, 0.15) is 0 Å². The molecule has 0 saturated carbocycles. The van der Waals surface area contributed by atoms with Gasteiger partial charge in [-0.05, 0) is 42.7 Å². The number of nitrogens with one attached hydrogen (secondary N) is 2. The molecule has 1 aromatic heterocycles.